The summed E-state index contributed by atoms with van der Waals surface area (Å²) in [6, 6.07) is 7.29. The van der Waals surface area contributed by atoms with E-state index in [9.17, 15) is 14.4 Å². The molecule has 3 saturated heterocycles. The zero-order chi connectivity index (χ0) is 24.0. The maximum Gasteiger partial charge on any atom is 0.224 e. The van der Waals surface area contributed by atoms with E-state index in [1.165, 1.54) is 6.42 Å². The van der Waals surface area contributed by atoms with Gasteiger partial charge in [0.2, 0.25) is 17.7 Å². The molecule has 3 fully saturated rings. The summed E-state index contributed by atoms with van der Waals surface area (Å²) in [6.45, 7) is 4.40. The van der Waals surface area contributed by atoms with E-state index in [-0.39, 0.29) is 17.7 Å². The average Bonchev–Trinajstić information content (AvgIpc) is 3.26. The van der Waals surface area contributed by atoms with Crippen LogP contribution in [-0.4, -0.2) is 78.3 Å². The van der Waals surface area contributed by atoms with Crippen LogP contribution in [0.4, 0.5) is 0 Å². The zero-order valence-corrected chi connectivity index (χ0v) is 20.7. The Morgan fingerprint density at radius 1 is 0.971 bits per heavy atom. The number of hydrogen-bond acceptors (Lipinski definition) is 4. The Morgan fingerprint density at radius 2 is 1.76 bits per heavy atom. The van der Waals surface area contributed by atoms with Crippen LogP contribution in [0.25, 0.3) is 0 Å². The van der Waals surface area contributed by atoms with Crippen molar-refractivity contribution in [2.75, 3.05) is 45.9 Å². The second-order valence-corrected chi connectivity index (χ2v) is 10.5. The molecule has 3 amide bonds. The number of amides is 3. The molecular formula is C26H36ClN3O4. The molecule has 0 radical (unpaired) electrons. The third-order valence-corrected chi connectivity index (χ3v) is 7.59. The zero-order valence-electron chi connectivity index (χ0n) is 20.0. The normalized spacial score (nSPS) is 23.3. The SMILES string of the molecule is O=C1CCCN1CCC(=O)N1CCCC(COc2cccc(Cl)c2)(CC(=O)N2CCCCC2)C1. The quantitative estimate of drug-likeness (QED) is 0.557. The number of piperidine rings is 2. The van der Waals surface area contributed by atoms with Gasteiger partial charge in [-0.25, -0.2) is 0 Å². The fourth-order valence-electron chi connectivity index (χ4n) is 5.43. The van der Waals surface area contributed by atoms with E-state index >= 15 is 0 Å². The topological polar surface area (TPSA) is 70.2 Å². The fourth-order valence-corrected chi connectivity index (χ4v) is 5.61. The molecule has 0 aliphatic carbocycles. The second kappa shape index (κ2) is 11.4. The summed E-state index contributed by atoms with van der Waals surface area (Å²) in [4.78, 5) is 43.9. The number of carbonyl (C=O) groups excluding carboxylic acids is 3. The molecule has 0 saturated carbocycles. The largest absolute Gasteiger partial charge is 0.493 e. The van der Waals surface area contributed by atoms with Gasteiger partial charge < -0.3 is 19.4 Å². The third-order valence-electron chi connectivity index (χ3n) is 7.36. The summed E-state index contributed by atoms with van der Waals surface area (Å²) < 4.78 is 6.16. The molecule has 34 heavy (non-hydrogen) atoms. The molecule has 1 atom stereocenters. The molecule has 3 aliphatic rings. The summed E-state index contributed by atoms with van der Waals surface area (Å²) in [5, 5.41) is 0.604. The molecule has 4 rings (SSSR count). The van der Waals surface area contributed by atoms with Crippen molar-refractivity contribution < 1.29 is 19.1 Å². The highest BCUT2D eigenvalue weighted by atomic mass is 35.5. The molecule has 3 aliphatic heterocycles. The van der Waals surface area contributed by atoms with Crippen molar-refractivity contribution in [2.45, 2.75) is 57.8 Å². The van der Waals surface area contributed by atoms with E-state index in [2.05, 4.69) is 0 Å². The van der Waals surface area contributed by atoms with Gasteiger partial charge in [-0.1, -0.05) is 17.7 Å². The van der Waals surface area contributed by atoms with Crippen LogP contribution in [0.5, 0.6) is 5.75 Å². The Hall–Kier alpha value is -2.28. The van der Waals surface area contributed by atoms with Crippen LogP contribution >= 0.6 is 11.6 Å². The Labute approximate surface area is 207 Å². The summed E-state index contributed by atoms with van der Waals surface area (Å²) in [5.74, 6) is 1.03. The first-order valence-corrected chi connectivity index (χ1v) is 13.0. The van der Waals surface area contributed by atoms with Crippen molar-refractivity contribution in [1.29, 1.82) is 0 Å². The minimum absolute atomic E-state index is 0.0527. The molecule has 1 aromatic carbocycles. The van der Waals surface area contributed by atoms with Crippen molar-refractivity contribution >= 4 is 29.3 Å². The Morgan fingerprint density at radius 3 is 2.50 bits per heavy atom. The first-order chi connectivity index (χ1) is 16.4. The van der Waals surface area contributed by atoms with E-state index in [1.807, 2.05) is 21.9 Å². The van der Waals surface area contributed by atoms with Gasteiger partial charge in [-0.05, 0) is 56.7 Å². The Kier molecular flexibility index (Phi) is 8.35. The molecule has 8 heteroatoms. The van der Waals surface area contributed by atoms with Gasteiger partial charge in [0.1, 0.15) is 5.75 Å². The van der Waals surface area contributed by atoms with Gasteiger partial charge in [0, 0.05) is 69.0 Å². The van der Waals surface area contributed by atoms with Gasteiger partial charge in [0.05, 0.1) is 6.61 Å². The number of likely N-dealkylation sites (tertiary alicyclic amines) is 3. The maximum absolute atomic E-state index is 13.3. The summed E-state index contributed by atoms with van der Waals surface area (Å²) in [6.07, 6.45) is 7.12. The number of rotatable bonds is 8. The first kappa shape index (κ1) is 24.8. The van der Waals surface area contributed by atoms with Crippen LogP contribution in [0.15, 0.2) is 24.3 Å². The summed E-state index contributed by atoms with van der Waals surface area (Å²) >= 11 is 6.13. The van der Waals surface area contributed by atoms with Crippen LogP contribution in [0, 0.1) is 5.41 Å². The van der Waals surface area contributed by atoms with Gasteiger partial charge in [-0.2, -0.15) is 0 Å². The van der Waals surface area contributed by atoms with Gasteiger partial charge in [-0.3, -0.25) is 14.4 Å². The van der Waals surface area contributed by atoms with Crippen molar-refractivity contribution in [3.63, 3.8) is 0 Å². The van der Waals surface area contributed by atoms with Crippen molar-refractivity contribution in [3.8, 4) is 5.75 Å². The maximum atomic E-state index is 13.3. The predicted molar refractivity (Wildman–Crippen MR) is 131 cm³/mol. The summed E-state index contributed by atoms with van der Waals surface area (Å²) in [7, 11) is 0. The van der Waals surface area contributed by atoms with Crippen LogP contribution in [0.3, 0.4) is 0 Å². The number of hydrogen-bond donors (Lipinski definition) is 0. The average molecular weight is 490 g/mol. The highest BCUT2D eigenvalue weighted by Gasteiger charge is 2.41. The molecule has 3 heterocycles. The molecule has 0 aromatic heterocycles. The standard InChI is InChI=1S/C26H36ClN3O4/c27-21-7-4-8-22(17-21)34-20-26(18-25(33)28-12-2-1-3-13-28)11-6-15-30(19-26)24(32)10-16-29-14-5-9-23(29)31/h4,7-8,17H,1-3,5-6,9-16,18-20H2. The lowest BCUT2D eigenvalue weighted by atomic mass is 9.77. The van der Waals surface area contributed by atoms with Crippen LogP contribution in [0.2, 0.25) is 5.02 Å². The number of ether oxygens (including phenoxy) is 1. The van der Waals surface area contributed by atoms with Crippen molar-refractivity contribution in [3.05, 3.63) is 29.3 Å². The number of nitrogens with zero attached hydrogens (tertiary/aromatic N) is 3. The van der Waals surface area contributed by atoms with Gasteiger partial charge in [-0.15, -0.1) is 0 Å². The Bertz CT molecular complexity index is 889. The Balaban J connectivity index is 1.43. The van der Waals surface area contributed by atoms with Crippen LogP contribution < -0.4 is 4.74 Å². The van der Waals surface area contributed by atoms with E-state index in [0.29, 0.717) is 56.3 Å². The van der Waals surface area contributed by atoms with E-state index in [1.54, 1.807) is 17.0 Å². The van der Waals surface area contributed by atoms with Crippen molar-refractivity contribution in [1.82, 2.24) is 14.7 Å². The second-order valence-electron chi connectivity index (χ2n) is 10.0. The fraction of sp³-hybridized carbons (Fsp3) is 0.654. The van der Waals surface area contributed by atoms with Crippen LogP contribution in [0.1, 0.15) is 57.8 Å². The van der Waals surface area contributed by atoms with E-state index < -0.39 is 5.41 Å². The number of halogens is 1. The van der Waals surface area contributed by atoms with Crippen LogP contribution in [-0.2, 0) is 14.4 Å². The van der Waals surface area contributed by atoms with Gasteiger partial charge >= 0.3 is 0 Å². The van der Waals surface area contributed by atoms with Crippen molar-refractivity contribution in [2.24, 2.45) is 5.41 Å². The highest BCUT2D eigenvalue weighted by Crippen LogP contribution is 2.36. The molecule has 1 aromatic rings. The number of carbonyl (C=O) groups is 3. The molecule has 0 spiro atoms. The molecule has 186 valence electrons. The first-order valence-electron chi connectivity index (χ1n) is 12.7. The van der Waals surface area contributed by atoms with E-state index in [4.69, 9.17) is 16.3 Å². The highest BCUT2D eigenvalue weighted by molar-refractivity contribution is 6.30. The molecule has 0 N–H and O–H groups in total. The monoisotopic (exact) mass is 489 g/mol. The smallest absolute Gasteiger partial charge is 0.224 e. The minimum atomic E-state index is -0.436. The van der Waals surface area contributed by atoms with Gasteiger partial charge in [0.15, 0.2) is 0 Å². The molecular weight excluding hydrogens is 454 g/mol. The predicted octanol–water partition coefficient (Wildman–Crippen LogP) is 3.74. The molecule has 1 unspecified atom stereocenters. The molecule has 7 nitrogen and oxygen atoms in total. The lowest BCUT2D eigenvalue weighted by Crippen LogP contribution is -2.51. The van der Waals surface area contributed by atoms with Gasteiger partial charge in [0.25, 0.3) is 0 Å². The number of benzene rings is 1. The lowest BCUT2D eigenvalue weighted by molar-refractivity contribution is -0.142. The lowest BCUT2D eigenvalue weighted by Gasteiger charge is -2.43. The third kappa shape index (κ3) is 6.44. The molecule has 0 bridgehead atoms. The van der Waals surface area contributed by atoms with E-state index in [0.717, 1.165) is 51.7 Å². The summed E-state index contributed by atoms with van der Waals surface area (Å²) in [5.41, 5.74) is -0.436. The minimum Gasteiger partial charge on any atom is -0.493 e.